The summed E-state index contributed by atoms with van der Waals surface area (Å²) >= 11 is 0. The molecule has 1 saturated carbocycles. The average Bonchev–Trinajstić information content (AvgIpc) is 2.16. The second-order valence-electron chi connectivity index (χ2n) is 7.08. The number of hydrogen-bond acceptors (Lipinski definition) is 4. The first kappa shape index (κ1) is 16.6. The molecule has 0 radical (unpaired) electrons. The van der Waals surface area contributed by atoms with Gasteiger partial charge in [0, 0.05) is 0 Å². The smallest absolute Gasteiger partial charge is 0.407 e. The lowest BCUT2D eigenvalue weighted by Crippen LogP contribution is -2.59. The lowest BCUT2D eigenvalue weighted by molar-refractivity contribution is 0.0369. The van der Waals surface area contributed by atoms with Crippen molar-refractivity contribution in [3.8, 4) is 0 Å². The molecule has 0 saturated heterocycles. The van der Waals surface area contributed by atoms with Gasteiger partial charge in [0.2, 0.25) is 0 Å². The molecule has 0 aliphatic heterocycles. The van der Waals surface area contributed by atoms with Gasteiger partial charge in [-0.1, -0.05) is 0 Å². The largest absolute Gasteiger partial charge is 0.444 e. The van der Waals surface area contributed by atoms with Gasteiger partial charge in [-0.2, -0.15) is 0 Å². The molecule has 1 aliphatic carbocycles. The Bertz CT molecular complexity index is 332. The van der Waals surface area contributed by atoms with Crippen molar-refractivity contribution in [3.63, 3.8) is 0 Å². The molecule has 6 nitrogen and oxygen atoms in total. The maximum atomic E-state index is 11.6. The molecular formula is C14H26N2O4. The Balaban J connectivity index is 2.36. The fourth-order valence-corrected chi connectivity index (χ4v) is 1.76. The Labute approximate surface area is 120 Å². The summed E-state index contributed by atoms with van der Waals surface area (Å²) in [6.45, 7) is 10.9. The Morgan fingerprint density at radius 1 is 0.800 bits per heavy atom. The fraction of sp³-hybridized carbons (Fsp3) is 0.857. The van der Waals surface area contributed by atoms with E-state index in [9.17, 15) is 9.59 Å². The lowest BCUT2D eigenvalue weighted by atomic mass is 9.86. The molecule has 0 aromatic heterocycles. The van der Waals surface area contributed by atoms with E-state index in [4.69, 9.17) is 9.47 Å². The summed E-state index contributed by atoms with van der Waals surface area (Å²) in [6, 6.07) is -0.199. The molecule has 0 aromatic rings. The molecule has 1 fully saturated rings. The van der Waals surface area contributed by atoms with Crippen molar-refractivity contribution in [3.05, 3.63) is 0 Å². The van der Waals surface area contributed by atoms with Gasteiger partial charge in [-0.15, -0.1) is 0 Å². The van der Waals surface area contributed by atoms with Crippen LogP contribution in [0.2, 0.25) is 0 Å². The topological polar surface area (TPSA) is 76.7 Å². The molecule has 1 aliphatic rings. The van der Waals surface area contributed by atoms with Crippen LogP contribution < -0.4 is 10.6 Å². The Morgan fingerprint density at radius 3 is 1.30 bits per heavy atom. The number of carbonyl (C=O) groups is 2. The predicted molar refractivity (Wildman–Crippen MR) is 75.5 cm³/mol. The molecule has 0 spiro atoms. The summed E-state index contributed by atoms with van der Waals surface area (Å²) in [6.07, 6.45) is 0.718. The van der Waals surface area contributed by atoms with E-state index >= 15 is 0 Å². The number of carbonyl (C=O) groups excluding carboxylic acids is 2. The number of alkyl carbamates (subject to hydrolysis) is 2. The van der Waals surface area contributed by atoms with Crippen molar-refractivity contribution in [1.29, 1.82) is 0 Å². The lowest BCUT2D eigenvalue weighted by Gasteiger charge is -2.38. The van der Waals surface area contributed by atoms with E-state index in [1.807, 2.05) is 41.5 Å². The van der Waals surface area contributed by atoms with Crippen LogP contribution >= 0.6 is 0 Å². The molecule has 20 heavy (non-hydrogen) atoms. The highest BCUT2D eigenvalue weighted by atomic mass is 16.6. The van der Waals surface area contributed by atoms with E-state index in [0.29, 0.717) is 0 Å². The van der Waals surface area contributed by atoms with Gasteiger partial charge in [0.05, 0.1) is 12.1 Å². The van der Waals surface area contributed by atoms with Crippen molar-refractivity contribution in [2.75, 3.05) is 0 Å². The van der Waals surface area contributed by atoms with Crippen LogP contribution in [0, 0.1) is 0 Å². The Hall–Kier alpha value is -1.46. The SMILES string of the molecule is CC(C)(C)OC(=O)N[C@@H]1CC[C@H]1NC(=O)OC(C)(C)C. The zero-order chi connectivity index (χ0) is 15.6. The van der Waals surface area contributed by atoms with Gasteiger partial charge in [0.1, 0.15) is 11.2 Å². The number of hydrogen-bond donors (Lipinski definition) is 2. The van der Waals surface area contributed by atoms with Gasteiger partial charge >= 0.3 is 12.2 Å². The van der Waals surface area contributed by atoms with Crippen molar-refractivity contribution in [2.24, 2.45) is 0 Å². The first-order valence-electron chi connectivity index (χ1n) is 6.95. The first-order chi connectivity index (χ1) is 8.96. The predicted octanol–water partition coefficient (Wildman–Crippen LogP) is 2.57. The normalized spacial score (nSPS) is 22.5. The highest BCUT2D eigenvalue weighted by molar-refractivity contribution is 5.70. The number of ether oxygens (including phenoxy) is 2. The van der Waals surface area contributed by atoms with Crippen LogP contribution in [0.4, 0.5) is 9.59 Å². The van der Waals surface area contributed by atoms with Crippen molar-refractivity contribution in [1.82, 2.24) is 10.6 Å². The molecule has 2 atom stereocenters. The summed E-state index contributed by atoms with van der Waals surface area (Å²) in [5, 5.41) is 5.52. The molecule has 116 valence electrons. The molecule has 0 bridgehead atoms. The third-order valence-electron chi connectivity index (χ3n) is 2.68. The van der Waals surface area contributed by atoms with Crippen molar-refractivity contribution < 1.29 is 19.1 Å². The quantitative estimate of drug-likeness (QED) is 0.818. The highest BCUT2D eigenvalue weighted by Gasteiger charge is 2.35. The standard InChI is InChI=1S/C14H26N2O4/c1-13(2,3)19-11(17)15-9-7-8-10(9)16-12(18)20-14(4,5)6/h9-10H,7-8H2,1-6H3,(H,15,17)(H,16,18)/t9-,10-/m1/s1. The summed E-state index contributed by atoms with van der Waals surface area (Å²) in [4.78, 5) is 23.3. The van der Waals surface area contributed by atoms with Crippen LogP contribution in [0.5, 0.6) is 0 Å². The van der Waals surface area contributed by atoms with Gasteiger partial charge in [0.25, 0.3) is 0 Å². The third kappa shape index (κ3) is 6.12. The second kappa shape index (κ2) is 5.89. The van der Waals surface area contributed by atoms with E-state index < -0.39 is 23.4 Å². The van der Waals surface area contributed by atoms with Crippen molar-refractivity contribution >= 4 is 12.2 Å². The van der Waals surface area contributed by atoms with E-state index in [-0.39, 0.29) is 12.1 Å². The molecule has 0 aromatic carbocycles. The monoisotopic (exact) mass is 286 g/mol. The van der Waals surface area contributed by atoms with Crippen LogP contribution in [0.25, 0.3) is 0 Å². The average molecular weight is 286 g/mol. The fourth-order valence-electron chi connectivity index (χ4n) is 1.76. The number of nitrogens with one attached hydrogen (secondary N) is 2. The summed E-state index contributed by atoms with van der Waals surface area (Å²) in [5.41, 5.74) is -1.05. The van der Waals surface area contributed by atoms with E-state index in [0.717, 1.165) is 12.8 Å². The maximum Gasteiger partial charge on any atom is 0.407 e. The number of amides is 2. The van der Waals surface area contributed by atoms with Gasteiger partial charge in [-0.3, -0.25) is 0 Å². The van der Waals surface area contributed by atoms with Crippen LogP contribution in [-0.2, 0) is 9.47 Å². The molecule has 2 N–H and O–H groups in total. The minimum atomic E-state index is -0.526. The molecule has 6 heteroatoms. The minimum Gasteiger partial charge on any atom is -0.444 e. The minimum absolute atomic E-state index is 0.0997. The Morgan fingerprint density at radius 2 is 1.10 bits per heavy atom. The van der Waals surface area contributed by atoms with E-state index in [2.05, 4.69) is 10.6 Å². The molecule has 1 rings (SSSR count). The third-order valence-corrected chi connectivity index (χ3v) is 2.68. The highest BCUT2D eigenvalue weighted by Crippen LogP contribution is 2.21. The van der Waals surface area contributed by atoms with Crippen LogP contribution in [0.3, 0.4) is 0 Å². The van der Waals surface area contributed by atoms with Gasteiger partial charge in [-0.25, -0.2) is 9.59 Å². The summed E-state index contributed by atoms with van der Waals surface area (Å²) in [7, 11) is 0. The molecular weight excluding hydrogens is 260 g/mol. The van der Waals surface area contributed by atoms with Gasteiger partial charge in [0.15, 0.2) is 0 Å². The zero-order valence-corrected chi connectivity index (χ0v) is 13.2. The molecule has 0 unspecified atom stereocenters. The number of rotatable bonds is 2. The molecule has 0 heterocycles. The van der Waals surface area contributed by atoms with Gasteiger partial charge in [-0.05, 0) is 54.4 Å². The maximum absolute atomic E-state index is 11.6. The van der Waals surface area contributed by atoms with Crippen LogP contribution in [-0.4, -0.2) is 35.5 Å². The van der Waals surface area contributed by atoms with Crippen molar-refractivity contribution in [2.45, 2.75) is 77.7 Å². The van der Waals surface area contributed by atoms with E-state index in [1.165, 1.54) is 0 Å². The summed E-state index contributed by atoms with van der Waals surface area (Å²) < 4.78 is 10.4. The first-order valence-corrected chi connectivity index (χ1v) is 6.95. The summed E-state index contributed by atoms with van der Waals surface area (Å²) in [5.74, 6) is 0. The van der Waals surface area contributed by atoms with Crippen LogP contribution in [0.1, 0.15) is 54.4 Å². The van der Waals surface area contributed by atoms with E-state index in [1.54, 1.807) is 0 Å². The van der Waals surface area contributed by atoms with Crippen LogP contribution in [0.15, 0.2) is 0 Å². The van der Waals surface area contributed by atoms with Gasteiger partial charge < -0.3 is 20.1 Å². The zero-order valence-electron chi connectivity index (χ0n) is 13.2. The second-order valence-corrected chi connectivity index (χ2v) is 7.08. The Kier molecular flexibility index (Phi) is 4.89. The molecule has 2 amide bonds.